The molecule has 0 radical (unpaired) electrons. The maximum atomic E-state index is 12.5. The Labute approximate surface area is 116 Å². The molecule has 0 aromatic rings. The predicted molar refractivity (Wildman–Crippen MR) is 67.9 cm³/mol. The Bertz CT molecular complexity index is 378. The van der Waals surface area contributed by atoms with Crippen LogP contribution in [0.5, 0.6) is 0 Å². The number of carbonyl (C=O) groups excluding carboxylic acids is 2. The first-order valence-electron chi connectivity index (χ1n) is 6.84. The fourth-order valence-corrected chi connectivity index (χ4v) is 2.58. The second kappa shape index (κ2) is 6.01. The lowest BCUT2D eigenvalue weighted by Gasteiger charge is -2.36. The average Bonchev–Trinajstić information content (AvgIpc) is 2.45. The van der Waals surface area contributed by atoms with Gasteiger partial charge in [-0.25, -0.2) is 0 Å². The topological polar surface area (TPSA) is 49.4 Å². The van der Waals surface area contributed by atoms with E-state index in [2.05, 4.69) is 5.32 Å². The number of halogens is 3. The van der Waals surface area contributed by atoms with Crippen molar-refractivity contribution in [1.29, 1.82) is 0 Å². The molecule has 116 valence electrons. The zero-order valence-electron chi connectivity index (χ0n) is 12.0. The third kappa shape index (κ3) is 3.64. The van der Waals surface area contributed by atoms with Crippen LogP contribution in [0.25, 0.3) is 0 Å². The molecule has 1 unspecified atom stereocenters. The number of alkyl halides is 3. The van der Waals surface area contributed by atoms with E-state index in [4.69, 9.17) is 0 Å². The molecule has 0 aliphatic carbocycles. The SMILES string of the molecule is CCC1(CC)NC(=O)CCN(C(C)CC(F)(F)F)C1=O. The van der Waals surface area contributed by atoms with Crippen LogP contribution in [0.3, 0.4) is 0 Å². The minimum Gasteiger partial charge on any atom is -0.342 e. The van der Waals surface area contributed by atoms with Crippen LogP contribution in [0, 0.1) is 0 Å². The number of carbonyl (C=O) groups is 2. The molecule has 0 spiro atoms. The molecule has 1 N–H and O–H groups in total. The van der Waals surface area contributed by atoms with Crippen molar-refractivity contribution in [2.75, 3.05) is 6.54 Å². The number of rotatable bonds is 4. The Morgan fingerprint density at radius 3 is 2.30 bits per heavy atom. The first-order valence-corrected chi connectivity index (χ1v) is 6.84. The summed E-state index contributed by atoms with van der Waals surface area (Å²) in [6.07, 6.45) is -4.62. The van der Waals surface area contributed by atoms with Crippen molar-refractivity contribution in [3.8, 4) is 0 Å². The highest BCUT2D eigenvalue weighted by Gasteiger charge is 2.44. The molecule has 20 heavy (non-hydrogen) atoms. The maximum absolute atomic E-state index is 12.5. The van der Waals surface area contributed by atoms with Crippen LogP contribution in [0.1, 0.15) is 46.5 Å². The van der Waals surface area contributed by atoms with E-state index < -0.39 is 30.1 Å². The summed E-state index contributed by atoms with van der Waals surface area (Å²) in [4.78, 5) is 25.4. The molecular formula is C13H21F3N2O2. The van der Waals surface area contributed by atoms with E-state index in [0.717, 1.165) is 0 Å². The van der Waals surface area contributed by atoms with Gasteiger partial charge in [0.15, 0.2) is 0 Å². The van der Waals surface area contributed by atoms with Crippen molar-refractivity contribution in [3.05, 3.63) is 0 Å². The van der Waals surface area contributed by atoms with Crippen molar-refractivity contribution in [3.63, 3.8) is 0 Å². The van der Waals surface area contributed by atoms with Gasteiger partial charge in [-0.1, -0.05) is 13.8 Å². The Morgan fingerprint density at radius 1 is 1.30 bits per heavy atom. The van der Waals surface area contributed by atoms with Crippen molar-refractivity contribution >= 4 is 11.8 Å². The molecule has 4 nitrogen and oxygen atoms in total. The summed E-state index contributed by atoms with van der Waals surface area (Å²) in [5.74, 6) is -0.700. The summed E-state index contributed by atoms with van der Waals surface area (Å²) in [5, 5.41) is 2.68. The lowest BCUT2D eigenvalue weighted by Crippen LogP contribution is -2.58. The van der Waals surface area contributed by atoms with Gasteiger partial charge in [0.2, 0.25) is 11.8 Å². The molecule has 1 fully saturated rings. The van der Waals surface area contributed by atoms with Crippen LogP contribution < -0.4 is 5.32 Å². The number of hydrogen-bond donors (Lipinski definition) is 1. The Morgan fingerprint density at radius 2 is 1.85 bits per heavy atom. The van der Waals surface area contributed by atoms with Crippen LogP contribution in [0.15, 0.2) is 0 Å². The zero-order chi connectivity index (χ0) is 15.6. The van der Waals surface area contributed by atoms with Crippen LogP contribution >= 0.6 is 0 Å². The van der Waals surface area contributed by atoms with E-state index in [1.807, 2.05) is 0 Å². The van der Waals surface area contributed by atoms with E-state index in [9.17, 15) is 22.8 Å². The molecule has 1 aliphatic heterocycles. The second-order valence-corrected chi connectivity index (χ2v) is 5.25. The Kier molecular flexibility index (Phi) is 5.05. The third-order valence-electron chi connectivity index (χ3n) is 3.89. The molecule has 1 saturated heterocycles. The summed E-state index contributed by atoms with van der Waals surface area (Å²) >= 11 is 0. The number of hydrogen-bond acceptors (Lipinski definition) is 2. The highest BCUT2D eigenvalue weighted by Crippen LogP contribution is 2.28. The number of amides is 2. The molecule has 0 aromatic heterocycles. The lowest BCUT2D eigenvalue weighted by molar-refractivity contribution is -0.156. The van der Waals surface area contributed by atoms with Crippen LogP contribution in [0.2, 0.25) is 0 Å². The summed E-state index contributed by atoms with van der Waals surface area (Å²) in [5.41, 5.74) is -1.08. The largest absolute Gasteiger partial charge is 0.391 e. The average molecular weight is 294 g/mol. The first kappa shape index (κ1) is 16.8. The van der Waals surface area contributed by atoms with Gasteiger partial charge in [0, 0.05) is 19.0 Å². The van der Waals surface area contributed by atoms with Gasteiger partial charge in [0.05, 0.1) is 6.42 Å². The van der Waals surface area contributed by atoms with E-state index in [-0.39, 0.29) is 18.9 Å². The Hall–Kier alpha value is -1.27. The zero-order valence-corrected chi connectivity index (χ0v) is 12.0. The van der Waals surface area contributed by atoms with Crippen LogP contribution in [-0.2, 0) is 9.59 Å². The molecule has 0 bridgehead atoms. The van der Waals surface area contributed by atoms with Gasteiger partial charge in [-0.3, -0.25) is 9.59 Å². The van der Waals surface area contributed by atoms with Crippen molar-refractivity contribution in [2.24, 2.45) is 0 Å². The smallest absolute Gasteiger partial charge is 0.342 e. The van der Waals surface area contributed by atoms with Gasteiger partial charge in [-0.15, -0.1) is 0 Å². The molecule has 2 amide bonds. The molecule has 0 saturated carbocycles. The van der Waals surface area contributed by atoms with E-state index in [0.29, 0.717) is 12.8 Å². The summed E-state index contributed by atoms with van der Waals surface area (Å²) in [6, 6.07) is -0.965. The highest BCUT2D eigenvalue weighted by atomic mass is 19.4. The van der Waals surface area contributed by atoms with E-state index in [1.54, 1.807) is 13.8 Å². The summed E-state index contributed by atoms with van der Waals surface area (Å²) in [7, 11) is 0. The van der Waals surface area contributed by atoms with Crippen molar-refractivity contribution < 1.29 is 22.8 Å². The van der Waals surface area contributed by atoms with Crippen molar-refractivity contribution in [2.45, 2.75) is 64.2 Å². The predicted octanol–water partition coefficient (Wildman–Crippen LogP) is 2.23. The lowest BCUT2D eigenvalue weighted by atomic mass is 9.90. The molecule has 1 atom stereocenters. The Balaban J connectivity index is 3.01. The minimum absolute atomic E-state index is 0.0314. The van der Waals surface area contributed by atoms with E-state index in [1.165, 1.54) is 11.8 Å². The molecular weight excluding hydrogens is 273 g/mol. The molecule has 1 aliphatic rings. The maximum Gasteiger partial charge on any atom is 0.391 e. The molecule has 1 rings (SSSR count). The highest BCUT2D eigenvalue weighted by molar-refractivity contribution is 5.93. The molecule has 1 heterocycles. The van der Waals surface area contributed by atoms with Gasteiger partial charge in [-0.2, -0.15) is 13.2 Å². The van der Waals surface area contributed by atoms with Gasteiger partial charge < -0.3 is 10.2 Å². The number of nitrogens with zero attached hydrogens (tertiary/aromatic N) is 1. The third-order valence-corrected chi connectivity index (χ3v) is 3.89. The van der Waals surface area contributed by atoms with Gasteiger partial charge in [0.25, 0.3) is 0 Å². The monoisotopic (exact) mass is 294 g/mol. The first-order chi connectivity index (χ1) is 9.15. The fraction of sp³-hybridized carbons (Fsp3) is 0.846. The van der Waals surface area contributed by atoms with Crippen LogP contribution in [0.4, 0.5) is 13.2 Å². The van der Waals surface area contributed by atoms with Gasteiger partial charge >= 0.3 is 6.18 Å². The molecule has 7 heteroatoms. The standard InChI is InChI=1S/C13H21F3N2O2/c1-4-12(5-2)11(20)18(7-6-10(19)17-12)9(3)8-13(14,15)16/h9H,4-8H2,1-3H3,(H,17,19). The quantitative estimate of drug-likeness (QED) is 0.864. The van der Waals surface area contributed by atoms with Gasteiger partial charge in [-0.05, 0) is 19.8 Å². The fourth-order valence-electron chi connectivity index (χ4n) is 2.58. The van der Waals surface area contributed by atoms with E-state index >= 15 is 0 Å². The normalized spacial score (nSPS) is 21.4. The molecule has 0 aromatic carbocycles. The van der Waals surface area contributed by atoms with Crippen LogP contribution in [-0.4, -0.2) is 41.0 Å². The summed E-state index contributed by atoms with van der Waals surface area (Å²) < 4.78 is 37.5. The number of nitrogens with one attached hydrogen (secondary N) is 1. The summed E-state index contributed by atoms with van der Waals surface area (Å²) in [6.45, 7) is 4.90. The second-order valence-electron chi connectivity index (χ2n) is 5.25. The van der Waals surface area contributed by atoms with Gasteiger partial charge in [0.1, 0.15) is 5.54 Å². The van der Waals surface area contributed by atoms with Crippen molar-refractivity contribution in [1.82, 2.24) is 10.2 Å². The minimum atomic E-state index is -4.33.